The van der Waals surface area contributed by atoms with Crippen LogP contribution >= 0.6 is 0 Å². The average Bonchev–Trinajstić information content (AvgIpc) is 2.96. The molecule has 0 saturated heterocycles. The number of hydrogen-bond donors (Lipinski definition) is 1. The van der Waals surface area contributed by atoms with Crippen molar-refractivity contribution in [2.24, 2.45) is 5.92 Å². The van der Waals surface area contributed by atoms with Crippen molar-refractivity contribution in [3.63, 3.8) is 0 Å². The second kappa shape index (κ2) is 15.9. The molecule has 46 heavy (non-hydrogen) atoms. The molecule has 9 nitrogen and oxygen atoms in total. The number of aromatic nitrogens is 2. The highest BCUT2D eigenvalue weighted by molar-refractivity contribution is 5.82. The average molecular weight is 641 g/mol. The monoisotopic (exact) mass is 640 g/mol. The summed E-state index contributed by atoms with van der Waals surface area (Å²) in [5.74, 6) is -2.33. The SMILES string of the molecule is CCOC(=O)C[C@H](NC(=O)[C@H](CC(C)C)n1cc(CCN(C)C)nc(OC)c1=O)c1cc(-c2c(C)cc(F)cc2C)cc(C)c1F. The summed E-state index contributed by atoms with van der Waals surface area (Å²) in [5.41, 5.74) is 3.02. The number of amides is 1. The highest BCUT2D eigenvalue weighted by atomic mass is 19.1. The van der Waals surface area contributed by atoms with Crippen molar-refractivity contribution in [1.82, 2.24) is 19.8 Å². The summed E-state index contributed by atoms with van der Waals surface area (Å²) in [6.45, 7) is 11.4. The van der Waals surface area contributed by atoms with Crippen LogP contribution in [0.4, 0.5) is 8.78 Å². The number of ether oxygens (including phenoxy) is 2. The van der Waals surface area contributed by atoms with Gasteiger partial charge in [-0.25, -0.2) is 13.8 Å². The minimum atomic E-state index is -1.13. The van der Waals surface area contributed by atoms with E-state index in [1.54, 1.807) is 46.0 Å². The molecule has 0 unspecified atom stereocenters. The van der Waals surface area contributed by atoms with E-state index in [-0.39, 0.29) is 48.2 Å². The van der Waals surface area contributed by atoms with Crippen molar-refractivity contribution >= 4 is 11.9 Å². The molecule has 11 heteroatoms. The number of carbonyl (C=O) groups excluding carboxylic acids is 2. The van der Waals surface area contributed by atoms with Crippen LogP contribution in [-0.2, 0) is 20.7 Å². The van der Waals surface area contributed by atoms with E-state index in [1.807, 2.05) is 32.8 Å². The maximum absolute atomic E-state index is 16.0. The summed E-state index contributed by atoms with van der Waals surface area (Å²) in [6, 6.07) is 3.91. The molecule has 3 rings (SSSR count). The molecule has 0 aliphatic rings. The van der Waals surface area contributed by atoms with Crippen LogP contribution in [0, 0.1) is 38.3 Å². The summed E-state index contributed by atoms with van der Waals surface area (Å²) in [5, 5.41) is 2.88. The van der Waals surface area contributed by atoms with E-state index in [9.17, 15) is 18.8 Å². The first-order valence-corrected chi connectivity index (χ1v) is 15.5. The van der Waals surface area contributed by atoms with E-state index < -0.39 is 35.3 Å². The molecule has 2 aromatic carbocycles. The van der Waals surface area contributed by atoms with Crippen molar-refractivity contribution in [1.29, 1.82) is 0 Å². The first-order chi connectivity index (χ1) is 21.7. The van der Waals surface area contributed by atoms with Gasteiger partial charge < -0.3 is 19.7 Å². The summed E-state index contributed by atoms with van der Waals surface area (Å²) < 4.78 is 41.9. The predicted octanol–water partition coefficient (Wildman–Crippen LogP) is 5.62. The van der Waals surface area contributed by atoms with E-state index in [4.69, 9.17) is 9.47 Å². The van der Waals surface area contributed by atoms with Gasteiger partial charge in [0.15, 0.2) is 0 Å². The zero-order chi connectivity index (χ0) is 34.3. The van der Waals surface area contributed by atoms with Crippen LogP contribution in [-0.4, -0.2) is 60.7 Å². The number of likely N-dealkylation sites (N-methyl/N-ethyl adjacent to an activating group) is 1. The molecule has 0 fully saturated rings. The lowest BCUT2D eigenvalue weighted by molar-refractivity contribution is -0.144. The Kier molecular flexibility index (Phi) is 12.6. The normalized spacial score (nSPS) is 12.7. The van der Waals surface area contributed by atoms with Crippen molar-refractivity contribution in [2.75, 3.05) is 34.4 Å². The van der Waals surface area contributed by atoms with E-state index in [0.29, 0.717) is 35.3 Å². The Morgan fingerprint density at radius 2 is 1.70 bits per heavy atom. The molecule has 0 bridgehead atoms. The van der Waals surface area contributed by atoms with Crippen molar-refractivity contribution in [3.8, 4) is 17.0 Å². The number of esters is 1. The molecular weight excluding hydrogens is 594 g/mol. The highest BCUT2D eigenvalue weighted by Crippen LogP contribution is 2.34. The lowest BCUT2D eigenvalue weighted by atomic mass is 9.90. The van der Waals surface area contributed by atoms with Gasteiger partial charge in [0.1, 0.15) is 17.7 Å². The van der Waals surface area contributed by atoms with Gasteiger partial charge in [0.2, 0.25) is 5.91 Å². The van der Waals surface area contributed by atoms with Gasteiger partial charge in [0.05, 0.1) is 31.9 Å². The zero-order valence-electron chi connectivity index (χ0n) is 28.3. The molecule has 1 N–H and O–H groups in total. The third-order valence-corrected chi connectivity index (χ3v) is 7.73. The lowest BCUT2D eigenvalue weighted by Crippen LogP contribution is -2.41. The first-order valence-electron chi connectivity index (χ1n) is 15.5. The molecule has 1 amide bonds. The standard InChI is InChI=1S/C35H46F2N4O5/c1-10-46-30(42)18-28(27-17-24(14-23(6)32(27)37)31-21(4)15-25(36)16-22(31)5)39-33(43)29(13-20(2)3)41-19-26(11-12-40(7)8)38-34(45-9)35(41)44/h14-17,19-20,28-29H,10-13,18H2,1-9H3,(H,39,43)/t28-,29-/m0/s1. The Balaban J connectivity index is 2.16. The molecule has 0 aliphatic carbocycles. The fourth-order valence-corrected chi connectivity index (χ4v) is 5.61. The van der Waals surface area contributed by atoms with Crippen LogP contribution in [0.3, 0.4) is 0 Å². The van der Waals surface area contributed by atoms with Crippen molar-refractivity contribution in [3.05, 3.63) is 80.4 Å². The minimum absolute atomic E-state index is 0.0118. The Labute approximate surface area is 269 Å². The zero-order valence-corrected chi connectivity index (χ0v) is 28.3. The van der Waals surface area contributed by atoms with Crippen molar-refractivity contribution < 1.29 is 27.8 Å². The van der Waals surface area contributed by atoms with Gasteiger partial charge in [-0.1, -0.05) is 13.8 Å². The van der Waals surface area contributed by atoms with E-state index >= 15 is 4.39 Å². The molecule has 0 radical (unpaired) electrons. The number of carbonyl (C=O) groups is 2. The topological polar surface area (TPSA) is 103 Å². The Hall–Kier alpha value is -4.12. The molecule has 1 aromatic heterocycles. The Morgan fingerprint density at radius 3 is 2.26 bits per heavy atom. The van der Waals surface area contributed by atoms with Gasteiger partial charge in [0.25, 0.3) is 5.88 Å². The van der Waals surface area contributed by atoms with Gasteiger partial charge in [-0.2, -0.15) is 0 Å². The van der Waals surface area contributed by atoms with Crippen LogP contribution in [0.5, 0.6) is 5.88 Å². The second-order valence-corrected chi connectivity index (χ2v) is 12.3. The van der Waals surface area contributed by atoms with E-state index in [2.05, 4.69) is 10.3 Å². The molecule has 0 spiro atoms. The number of benzene rings is 2. The summed E-state index contributed by atoms with van der Waals surface area (Å²) in [7, 11) is 5.18. The van der Waals surface area contributed by atoms with Crippen LogP contribution in [0.15, 0.2) is 35.3 Å². The number of rotatable bonds is 14. The van der Waals surface area contributed by atoms with Crippen LogP contribution in [0.1, 0.15) is 73.6 Å². The summed E-state index contributed by atoms with van der Waals surface area (Å²) in [4.78, 5) is 46.7. The molecule has 250 valence electrons. The minimum Gasteiger partial charge on any atom is -0.477 e. The van der Waals surface area contributed by atoms with Gasteiger partial charge >= 0.3 is 11.5 Å². The van der Waals surface area contributed by atoms with E-state index in [1.165, 1.54) is 23.8 Å². The number of nitrogens with one attached hydrogen (secondary N) is 1. The predicted molar refractivity (Wildman–Crippen MR) is 174 cm³/mol. The second-order valence-electron chi connectivity index (χ2n) is 12.3. The largest absolute Gasteiger partial charge is 0.477 e. The Morgan fingerprint density at radius 1 is 1.04 bits per heavy atom. The number of nitrogens with zero attached hydrogens (tertiary/aromatic N) is 3. The van der Waals surface area contributed by atoms with E-state index in [0.717, 1.165) is 5.56 Å². The summed E-state index contributed by atoms with van der Waals surface area (Å²) >= 11 is 0. The quantitative estimate of drug-likeness (QED) is 0.228. The molecule has 2 atom stereocenters. The number of hydrogen-bond acceptors (Lipinski definition) is 7. The smallest absolute Gasteiger partial charge is 0.314 e. The maximum atomic E-state index is 16.0. The highest BCUT2D eigenvalue weighted by Gasteiger charge is 2.30. The number of aryl methyl sites for hydroxylation is 3. The molecule has 3 aromatic rings. The molecule has 1 heterocycles. The Bertz CT molecular complexity index is 1600. The van der Waals surface area contributed by atoms with Crippen molar-refractivity contribution in [2.45, 2.75) is 72.9 Å². The molecule has 0 aliphatic heterocycles. The van der Waals surface area contributed by atoms with Crippen LogP contribution < -0.4 is 15.6 Å². The summed E-state index contributed by atoms with van der Waals surface area (Å²) in [6.07, 6.45) is 1.99. The third-order valence-electron chi connectivity index (χ3n) is 7.73. The van der Waals surface area contributed by atoms with Gasteiger partial charge in [-0.3, -0.25) is 19.0 Å². The van der Waals surface area contributed by atoms with Gasteiger partial charge in [-0.05, 0) is 106 Å². The fourth-order valence-electron chi connectivity index (χ4n) is 5.61. The third kappa shape index (κ3) is 8.99. The van der Waals surface area contributed by atoms with Gasteiger partial charge in [0, 0.05) is 24.7 Å². The maximum Gasteiger partial charge on any atom is 0.314 e. The van der Waals surface area contributed by atoms with Gasteiger partial charge in [-0.15, -0.1) is 0 Å². The molecule has 0 saturated carbocycles. The van der Waals surface area contributed by atoms with Crippen LogP contribution in [0.25, 0.3) is 11.1 Å². The fraction of sp³-hybridized carbons (Fsp3) is 0.486. The van der Waals surface area contributed by atoms with Crippen LogP contribution in [0.2, 0.25) is 0 Å². The molecular formula is C35H46F2N4O5. The lowest BCUT2D eigenvalue weighted by Gasteiger charge is -2.26. The number of methoxy groups -OCH3 is 1. The first kappa shape index (κ1) is 36.3. The number of halogens is 2.